The van der Waals surface area contributed by atoms with Gasteiger partial charge in [-0.3, -0.25) is 4.79 Å². The summed E-state index contributed by atoms with van der Waals surface area (Å²) >= 11 is 0. The van der Waals surface area contributed by atoms with Crippen LogP contribution in [0.25, 0.3) is 0 Å². The van der Waals surface area contributed by atoms with Crippen molar-refractivity contribution in [3.8, 4) is 0 Å². The van der Waals surface area contributed by atoms with E-state index in [4.69, 9.17) is 0 Å². The molecule has 0 spiro atoms. The quantitative estimate of drug-likeness (QED) is 0.862. The number of carbonyl (C=O) groups excluding carboxylic acids is 2. The standard InChI is InChI=1S/C18H19NO3/c1-3-13-7-9-14(10-8-13)11-17(20)19-16-6-4-5-15(12-16)18(21)22-2/h4-10,12H,3,11H2,1-2H3,(H,19,20). The molecule has 4 nitrogen and oxygen atoms in total. The summed E-state index contributed by atoms with van der Waals surface area (Å²) < 4.78 is 4.66. The summed E-state index contributed by atoms with van der Waals surface area (Å²) in [6.45, 7) is 2.09. The minimum atomic E-state index is -0.425. The van der Waals surface area contributed by atoms with E-state index in [2.05, 4.69) is 17.0 Å². The molecule has 2 aromatic rings. The van der Waals surface area contributed by atoms with Crippen LogP contribution in [0.4, 0.5) is 5.69 Å². The molecule has 22 heavy (non-hydrogen) atoms. The number of methoxy groups -OCH3 is 1. The van der Waals surface area contributed by atoms with Crippen molar-refractivity contribution in [1.82, 2.24) is 0 Å². The van der Waals surface area contributed by atoms with Crippen LogP contribution in [-0.2, 0) is 22.4 Å². The second-order valence-electron chi connectivity index (χ2n) is 4.97. The van der Waals surface area contributed by atoms with E-state index in [1.54, 1.807) is 24.3 Å². The Hall–Kier alpha value is -2.62. The van der Waals surface area contributed by atoms with Gasteiger partial charge in [0.2, 0.25) is 5.91 Å². The maximum atomic E-state index is 12.1. The van der Waals surface area contributed by atoms with Gasteiger partial charge in [-0.2, -0.15) is 0 Å². The lowest BCUT2D eigenvalue weighted by molar-refractivity contribution is -0.115. The zero-order chi connectivity index (χ0) is 15.9. The minimum Gasteiger partial charge on any atom is -0.465 e. The molecule has 2 rings (SSSR count). The van der Waals surface area contributed by atoms with Crippen LogP contribution >= 0.6 is 0 Å². The number of esters is 1. The predicted octanol–water partition coefficient (Wildman–Crippen LogP) is 3.22. The molecule has 0 aliphatic rings. The van der Waals surface area contributed by atoms with Crippen molar-refractivity contribution < 1.29 is 14.3 Å². The molecule has 0 radical (unpaired) electrons. The van der Waals surface area contributed by atoms with Gasteiger partial charge in [0.1, 0.15) is 0 Å². The molecule has 0 atom stereocenters. The van der Waals surface area contributed by atoms with E-state index in [0.29, 0.717) is 17.7 Å². The summed E-state index contributed by atoms with van der Waals surface area (Å²) in [5, 5.41) is 2.79. The molecule has 0 aromatic heterocycles. The van der Waals surface area contributed by atoms with Crippen LogP contribution < -0.4 is 5.32 Å². The van der Waals surface area contributed by atoms with Crippen LogP contribution in [0, 0.1) is 0 Å². The fourth-order valence-corrected chi connectivity index (χ4v) is 2.13. The van der Waals surface area contributed by atoms with Crippen LogP contribution in [0.5, 0.6) is 0 Å². The van der Waals surface area contributed by atoms with E-state index >= 15 is 0 Å². The Morgan fingerprint density at radius 3 is 2.36 bits per heavy atom. The summed E-state index contributed by atoms with van der Waals surface area (Å²) in [6.07, 6.45) is 1.28. The number of nitrogens with one attached hydrogen (secondary N) is 1. The van der Waals surface area contributed by atoms with Crippen molar-refractivity contribution in [3.05, 3.63) is 65.2 Å². The first-order valence-electron chi connectivity index (χ1n) is 7.18. The van der Waals surface area contributed by atoms with Crippen LogP contribution in [0.1, 0.15) is 28.4 Å². The summed E-state index contributed by atoms with van der Waals surface area (Å²) in [4.78, 5) is 23.5. The largest absolute Gasteiger partial charge is 0.465 e. The second kappa shape index (κ2) is 7.41. The molecule has 4 heteroatoms. The molecule has 0 saturated carbocycles. The Balaban J connectivity index is 2.00. The third-order valence-electron chi connectivity index (χ3n) is 3.36. The van der Waals surface area contributed by atoms with E-state index in [9.17, 15) is 9.59 Å². The van der Waals surface area contributed by atoms with Gasteiger partial charge < -0.3 is 10.1 Å². The normalized spacial score (nSPS) is 10.1. The van der Waals surface area contributed by atoms with Crippen LogP contribution in [0.3, 0.4) is 0 Å². The van der Waals surface area contributed by atoms with Crippen molar-refractivity contribution in [2.24, 2.45) is 0 Å². The first kappa shape index (κ1) is 15.8. The fraction of sp³-hybridized carbons (Fsp3) is 0.222. The number of anilines is 1. The molecule has 0 heterocycles. The molecule has 1 N–H and O–H groups in total. The van der Waals surface area contributed by atoms with Gasteiger partial charge in [-0.05, 0) is 35.7 Å². The van der Waals surface area contributed by atoms with E-state index in [1.807, 2.05) is 24.3 Å². The third-order valence-corrected chi connectivity index (χ3v) is 3.36. The molecular formula is C18H19NO3. The molecule has 0 saturated heterocycles. The van der Waals surface area contributed by atoms with Gasteiger partial charge in [0.25, 0.3) is 0 Å². The highest BCUT2D eigenvalue weighted by atomic mass is 16.5. The maximum absolute atomic E-state index is 12.1. The first-order chi connectivity index (χ1) is 10.6. The van der Waals surface area contributed by atoms with Gasteiger partial charge in [0.05, 0.1) is 19.1 Å². The molecule has 0 aliphatic carbocycles. The van der Waals surface area contributed by atoms with Crippen LogP contribution in [0.15, 0.2) is 48.5 Å². The smallest absolute Gasteiger partial charge is 0.337 e. The van der Waals surface area contributed by atoms with Crippen LogP contribution in [0.2, 0.25) is 0 Å². The van der Waals surface area contributed by atoms with E-state index in [-0.39, 0.29) is 5.91 Å². The number of ether oxygens (including phenoxy) is 1. The number of hydrogen-bond acceptors (Lipinski definition) is 3. The Labute approximate surface area is 130 Å². The lowest BCUT2D eigenvalue weighted by Gasteiger charge is -2.07. The second-order valence-corrected chi connectivity index (χ2v) is 4.97. The lowest BCUT2D eigenvalue weighted by Crippen LogP contribution is -2.15. The molecular weight excluding hydrogens is 278 g/mol. The summed E-state index contributed by atoms with van der Waals surface area (Å²) in [5.41, 5.74) is 3.19. The van der Waals surface area contributed by atoms with E-state index < -0.39 is 5.97 Å². The van der Waals surface area contributed by atoms with Gasteiger partial charge in [-0.15, -0.1) is 0 Å². The third kappa shape index (κ3) is 4.19. The highest BCUT2D eigenvalue weighted by Crippen LogP contribution is 2.13. The molecule has 0 unspecified atom stereocenters. The van der Waals surface area contributed by atoms with Crippen LogP contribution in [-0.4, -0.2) is 19.0 Å². The number of carbonyl (C=O) groups is 2. The molecule has 0 aliphatic heterocycles. The van der Waals surface area contributed by atoms with Crippen molar-refractivity contribution in [2.75, 3.05) is 12.4 Å². The first-order valence-corrected chi connectivity index (χ1v) is 7.18. The fourth-order valence-electron chi connectivity index (χ4n) is 2.13. The lowest BCUT2D eigenvalue weighted by atomic mass is 10.1. The summed E-state index contributed by atoms with van der Waals surface area (Å²) in [6, 6.07) is 14.7. The molecule has 2 aromatic carbocycles. The average molecular weight is 297 g/mol. The van der Waals surface area contributed by atoms with Gasteiger partial charge in [0.15, 0.2) is 0 Å². The highest BCUT2D eigenvalue weighted by Gasteiger charge is 2.08. The monoisotopic (exact) mass is 297 g/mol. The van der Waals surface area contributed by atoms with E-state index in [0.717, 1.165) is 12.0 Å². The summed E-state index contributed by atoms with van der Waals surface area (Å²) in [5.74, 6) is -0.544. The van der Waals surface area contributed by atoms with Gasteiger partial charge >= 0.3 is 5.97 Å². The Morgan fingerprint density at radius 2 is 1.73 bits per heavy atom. The van der Waals surface area contributed by atoms with Crippen molar-refractivity contribution >= 4 is 17.6 Å². The van der Waals surface area contributed by atoms with Gasteiger partial charge in [0, 0.05) is 5.69 Å². The minimum absolute atomic E-state index is 0.119. The predicted molar refractivity (Wildman–Crippen MR) is 85.9 cm³/mol. The van der Waals surface area contributed by atoms with Crippen molar-refractivity contribution in [2.45, 2.75) is 19.8 Å². The SMILES string of the molecule is CCc1ccc(CC(=O)Nc2cccc(C(=O)OC)c2)cc1. The average Bonchev–Trinajstić information content (AvgIpc) is 2.55. The number of rotatable bonds is 5. The summed E-state index contributed by atoms with van der Waals surface area (Å²) in [7, 11) is 1.33. The molecule has 114 valence electrons. The van der Waals surface area contributed by atoms with E-state index in [1.165, 1.54) is 12.7 Å². The number of amides is 1. The number of aryl methyl sites for hydroxylation is 1. The topological polar surface area (TPSA) is 55.4 Å². The Morgan fingerprint density at radius 1 is 1.05 bits per heavy atom. The maximum Gasteiger partial charge on any atom is 0.337 e. The van der Waals surface area contributed by atoms with Crippen molar-refractivity contribution in [1.29, 1.82) is 0 Å². The Bertz CT molecular complexity index is 662. The van der Waals surface area contributed by atoms with Gasteiger partial charge in [-0.1, -0.05) is 37.3 Å². The van der Waals surface area contributed by atoms with Gasteiger partial charge in [-0.25, -0.2) is 4.79 Å². The number of benzene rings is 2. The molecule has 0 bridgehead atoms. The number of hydrogen-bond donors (Lipinski definition) is 1. The molecule has 0 fully saturated rings. The Kier molecular flexibility index (Phi) is 5.31. The zero-order valence-corrected chi connectivity index (χ0v) is 12.8. The highest BCUT2D eigenvalue weighted by molar-refractivity contribution is 5.95. The zero-order valence-electron chi connectivity index (χ0n) is 12.8. The van der Waals surface area contributed by atoms with Crippen molar-refractivity contribution in [3.63, 3.8) is 0 Å². The molecule has 1 amide bonds.